The Morgan fingerprint density at radius 2 is 1.84 bits per heavy atom. The molecule has 37 heavy (non-hydrogen) atoms. The predicted octanol–water partition coefficient (Wildman–Crippen LogP) is 6.66. The Labute approximate surface area is 214 Å². The van der Waals surface area contributed by atoms with Gasteiger partial charge in [0.15, 0.2) is 5.82 Å². The third-order valence-corrected chi connectivity index (χ3v) is 7.68. The topological polar surface area (TPSA) is 85.3 Å². The molecule has 0 aliphatic heterocycles. The summed E-state index contributed by atoms with van der Waals surface area (Å²) in [6, 6.07) is 9.57. The SMILES string of the molecule is O=C(C1CCC(F)(F)C1)N(CCCCCc1nc(C2CC2)no1)c1cccc(-c2cc(C3CC3)on2)c1. The number of aromatic nitrogens is 3. The van der Waals surface area contributed by atoms with E-state index in [1.54, 1.807) is 4.90 Å². The lowest BCUT2D eigenvalue weighted by atomic mass is 10.0. The molecule has 7 nitrogen and oxygen atoms in total. The molecule has 3 aromatic rings. The van der Waals surface area contributed by atoms with E-state index in [-0.39, 0.29) is 25.2 Å². The van der Waals surface area contributed by atoms with Crippen molar-refractivity contribution in [2.45, 2.75) is 88.4 Å². The van der Waals surface area contributed by atoms with E-state index >= 15 is 0 Å². The van der Waals surface area contributed by atoms with Crippen LogP contribution in [0.2, 0.25) is 0 Å². The number of carbonyl (C=O) groups is 1. The van der Waals surface area contributed by atoms with Crippen molar-refractivity contribution in [1.82, 2.24) is 15.3 Å². The summed E-state index contributed by atoms with van der Waals surface area (Å²) < 4.78 is 38.7. The van der Waals surface area contributed by atoms with E-state index in [4.69, 9.17) is 9.05 Å². The van der Waals surface area contributed by atoms with Crippen LogP contribution in [0.25, 0.3) is 11.3 Å². The van der Waals surface area contributed by atoms with Gasteiger partial charge in [-0.2, -0.15) is 4.98 Å². The molecule has 3 fully saturated rings. The maximum Gasteiger partial charge on any atom is 0.248 e. The van der Waals surface area contributed by atoms with Gasteiger partial charge in [0.2, 0.25) is 17.7 Å². The lowest BCUT2D eigenvalue weighted by Gasteiger charge is -2.26. The number of hydrogen-bond acceptors (Lipinski definition) is 6. The van der Waals surface area contributed by atoms with Crippen molar-refractivity contribution in [3.05, 3.63) is 47.8 Å². The molecule has 3 aliphatic rings. The number of alkyl halides is 2. The van der Waals surface area contributed by atoms with Gasteiger partial charge in [0.1, 0.15) is 11.5 Å². The summed E-state index contributed by atoms with van der Waals surface area (Å²) in [6.45, 7) is 0.466. The minimum Gasteiger partial charge on any atom is -0.360 e. The number of unbranched alkanes of at least 4 members (excludes halogenated alkanes) is 2. The van der Waals surface area contributed by atoms with Crippen molar-refractivity contribution in [1.29, 1.82) is 0 Å². The first kappa shape index (κ1) is 24.2. The number of benzene rings is 1. The van der Waals surface area contributed by atoms with Gasteiger partial charge < -0.3 is 13.9 Å². The molecule has 0 saturated heterocycles. The fourth-order valence-electron chi connectivity index (χ4n) is 5.17. The highest BCUT2D eigenvalue weighted by Gasteiger charge is 2.44. The molecule has 2 heterocycles. The fraction of sp³-hybridized carbons (Fsp3) is 0.571. The highest BCUT2D eigenvalue weighted by molar-refractivity contribution is 5.95. The number of anilines is 1. The molecule has 1 atom stereocenters. The normalized spacial score (nSPS) is 20.9. The van der Waals surface area contributed by atoms with Crippen LogP contribution in [0.4, 0.5) is 14.5 Å². The first-order chi connectivity index (χ1) is 17.9. The number of nitrogens with zero attached hydrogens (tertiary/aromatic N) is 4. The van der Waals surface area contributed by atoms with Crippen LogP contribution >= 0.6 is 0 Å². The lowest BCUT2D eigenvalue weighted by molar-refractivity contribution is -0.123. The Hall–Kier alpha value is -3.10. The van der Waals surface area contributed by atoms with Gasteiger partial charge in [-0.25, -0.2) is 8.78 Å². The van der Waals surface area contributed by atoms with Crippen LogP contribution in [0, 0.1) is 5.92 Å². The van der Waals surface area contributed by atoms with Crippen LogP contribution < -0.4 is 4.90 Å². The van der Waals surface area contributed by atoms with Crippen LogP contribution in [0.15, 0.2) is 39.4 Å². The van der Waals surface area contributed by atoms with E-state index in [2.05, 4.69) is 15.3 Å². The first-order valence-corrected chi connectivity index (χ1v) is 13.5. The third-order valence-electron chi connectivity index (χ3n) is 7.68. The zero-order valence-electron chi connectivity index (χ0n) is 20.9. The van der Waals surface area contributed by atoms with Crippen molar-refractivity contribution in [3.63, 3.8) is 0 Å². The Balaban J connectivity index is 1.12. The van der Waals surface area contributed by atoms with Crippen molar-refractivity contribution in [3.8, 4) is 11.3 Å². The summed E-state index contributed by atoms with van der Waals surface area (Å²) in [7, 11) is 0. The molecule has 6 rings (SSSR count). The Kier molecular flexibility index (Phi) is 6.55. The molecule has 1 amide bonds. The van der Waals surface area contributed by atoms with Crippen LogP contribution in [0.1, 0.15) is 93.5 Å². The zero-order chi connectivity index (χ0) is 25.4. The molecule has 1 aromatic carbocycles. The van der Waals surface area contributed by atoms with E-state index in [1.807, 2.05) is 30.3 Å². The van der Waals surface area contributed by atoms with Gasteiger partial charge in [0.05, 0.1) is 0 Å². The first-order valence-electron chi connectivity index (χ1n) is 13.5. The number of aryl methyl sites for hydroxylation is 1. The fourth-order valence-corrected chi connectivity index (χ4v) is 5.17. The number of rotatable bonds is 11. The van der Waals surface area contributed by atoms with Gasteiger partial charge in [0, 0.05) is 60.9 Å². The zero-order valence-corrected chi connectivity index (χ0v) is 20.9. The van der Waals surface area contributed by atoms with Gasteiger partial charge in [-0.15, -0.1) is 0 Å². The molecular formula is C28H32F2N4O3. The van der Waals surface area contributed by atoms with E-state index in [9.17, 15) is 13.6 Å². The van der Waals surface area contributed by atoms with E-state index in [0.717, 1.165) is 67.8 Å². The van der Waals surface area contributed by atoms with Crippen molar-refractivity contribution in [2.75, 3.05) is 11.4 Å². The molecule has 0 radical (unpaired) electrons. The van der Waals surface area contributed by atoms with Crippen molar-refractivity contribution in [2.24, 2.45) is 5.92 Å². The molecule has 3 saturated carbocycles. The minimum absolute atomic E-state index is 0.219. The average molecular weight is 511 g/mol. The largest absolute Gasteiger partial charge is 0.360 e. The standard InChI is InChI=1S/C28H32F2N4O3/c29-28(30)13-12-21(17-28)27(35)34(14-3-1-2-7-25-31-26(33-37-25)19-10-11-19)22-6-4-5-20(15-22)23-16-24(36-32-23)18-8-9-18/h4-6,15-16,18-19,21H,1-3,7-14,17H2. The van der Waals surface area contributed by atoms with Crippen molar-refractivity contribution >= 4 is 11.6 Å². The molecule has 3 aliphatic carbocycles. The lowest BCUT2D eigenvalue weighted by Crippen LogP contribution is -2.36. The number of amides is 1. The van der Waals surface area contributed by atoms with Gasteiger partial charge in [-0.05, 0) is 57.1 Å². The summed E-state index contributed by atoms with van der Waals surface area (Å²) in [5.41, 5.74) is 2.29. The molecule has 196 valence electrons. The maximum absolute atomic E-state index is 13.9. The Bertz CT molecular complexity index is 1250. The van der Waals surface area contributed by atoms with Gasteiger partial charge in [0.25, 0.3) is 0 Å². The quantitative estimate of drug-likeness (QED) is 0.268. The second-order valence-corrected chi connectivity index (χ2v) is 10.9. The number of hydrogen-bond donors (Lipinski definition) is 0. The molecule has 0 spiro atoms. The van der Waals surface area contributed by atoms with Crippen molar-refractivity contribution < 1.29 is 22.6 Å². The Morgan fingerprint density at radius 3 is 2.59 bits per heavy atom. The molecule has 0 bridgehead atoms. The molecule has 1 unspecified atom stereocenters. The average Bonchev–Trinajstić information content (AvgIpc) is 3.80. The van der Waals surface area contributed by atoms with Gasteiger partial charge >= 0.3 is 0 Å². The molecule has 0 N–H and O–H groups in total. The minimum atomic E-state index is -2.77. The highest BCUT2D eigenvalue weighted by Crippen LogP contribution is 2.42. The second-order valence-electron chi connectivity index (χ2n) is 10.9. The van der Waals surface area contributed by atoms with Gasteiger partial charge in [-0.1, -0.05) is 28.9 Å². The third kappa shape index (κ3) is 5.75. The van der Waals surface area contributed by atoms with Crippen LogP contribution in [0.5, 0.6) is 0 Å². The van der Waals surface area contributed by atoms with E-state index in [1.165, 1.54) is 0 Å². The van der Waals surface area contributed by atoms with Crippen LogP contribution in [-0.2, 0) is 11.2 Å². The summed E-state index contributed by atoms with van der Waals surface area (Å²) in [5, 5.41) is 8.28. The predicted molar refractivity (Wildman–Crippen MR) is 132 cm³/mol. The van der Waals surface area contributed by atoms with E-state index < -0.39 is 11.8 Å². The summed E-state index contributed by atoms with van der Waals surface area (Å²) in [6.07, 6.45) is 7.30. The van der Waals surface area contributed by atoms with Crippen LogP contribution in [-0.4, -0.2) is 33.7 Å². The molecule has 9 heteroatoms. The smallest absolute Gasteiger partial charge is 0.248 e. The summed E-state index contributed by atoms with van der Waals surface area (Å²) in [5.74, 6) is -0.354. The Morgan fingerprint density at radius 1 is 1.00 bits per heavy atom. The van der Waals surface area contributed by atoms with Crippen LogP contribution in [0.3, 0.4) is 0 Å². The summed E-state index contributed by atoms with van der Waals surface area (Å²) >= 11 is 0. The van der Waals surface area contributed by atoms with Gasteiger partial charge in [-0.3, -0.25) is 4.79 Å². The molecule has 2 aromatic heterocycles. The number of halogens is 2. The van der Waals surface area contributed by atoms with E-state index in [0.29, 0.717) is 36.4 Å². The maximum atomic E-state index is 13.9. The monoisotopic (exact) mass is 510 g/mol. The summed E-state index contributed by atoms with van der Waals surface area (Å²) in [4.78, 5) is 19.6. The highest BCUT2D eigenvalue weighted by atomic mass is 19.3. The number of carbonyl (C=O) groups excluding carboxylic acids is 1. The second kappa shape index (κ2) is 9.99. The molecular weight excluding hydrogens is 478 g/mol.